The van der Waals surface area contributed by atoms with E-state index in [1.807, 2.05) is 24.3 Å². The fourth-order valence-electron chi connectivity index (χ4n) is 1.94. The van der Waals surface area contributed by atoms with Gasteiger partial charge in [-0.2, -0.15) is 5.26 Å². The maximum absolute atomic E-state index is 8.80. The molecule has 0 aromatic heterocycles. The maximum Gasteiger partial charge on any atom is 0.181 e. The molecule has 0 unspecified atom stereocenters. The molecule has 0 aliphatic carbocycles. The van der Waals surface area contributed by atoms with Gasteiger partial charge >= 0.3 is 0 Å². The zero-order chi connectivity index (χ0) is 12.1. The highest BCUT2D eigenvalue weighted by Crippen LogP contribution is 2.28. The summed E-state index contributed by atoms with van der Waals surface area (Å²) in [7, 11) is 0. The van der Waals surface area contributed by atoms with Crippen molar-refractivity contribution >= 4 is 11.6 Å². The van der Waals surface area contributed by atoms with E-state index >= 15 is 0 Å². The summed E-state index contributed by atoms with van der Waals surface area (Å²) in [5.41, 5.74) is 1.17. The van der Waals surface area contributed by atoms with Crippen molar-refractivity contribution < 1.29 is 9.47 Å². The van der Waals surface area contributed by atoms with E-state index in [0.29, 0.717) is 19.6 Å². The van der Waals surface area contributed by atoms with Gasteiger partial charge in [-0.1, -0.05) is 23.7 Å². The average Bonchev–Trinajstić information content (AvgIpc) is 2.78. The maximum atomic E-state index is 8.80. The first kappa shape index (κ1) is 12.4. The topological polar surface area (TPSA) is 42.2 Å². The summed E-state index contributed by atoms with van der Waals surface area (Å²) in [6.45, 7) is 1.14. The van der Waals surface area contributed by atoms with Gasteiger partial charge in [0.2, 0.25) is 0 Å². The van der Waals surface area contributed by atoms with E-state index in [2.05, 4.69) is 6.07 Å². The summed E-state index contributed by atoms with van der Waals surface area (Å²) in [5.74, 6) is -0.700. The Morgan fingerprint density at radius 3 is 2.47 bits per heavy atom. The number of hydrogen-bond donors (Lipinski definition) is 0. The van der Waals surface area contributed by atoms with Crippen LogP contribution >= 0.6 is 11.6 Å². The van der Waals surface area contributed by atoms with Gasteiger partial charge in [-0.05, 0) is 24.1 Å². The van der Waals surface area contributed by atoms with Crippen LogP contribution in [0.3, 0.4) is 0 Å². The van der Waals surface area contributed by atoms with Crippen LogP contribution in [0.25, 0.3) is 0 Å². The molecule has 17 heavy (non-hydrogen) atoms. The van der Waals surface area contributed by atoms with E-state index in [4.69, 9.17) is 26.3 Å². The number of rotatable bonds is 4. The van der Waals surface area contributed by atoms with Gasteiger partial charge in [0.15, 0.2) is 5.79 Å². The molecule has 0 atom stereocenters. The molecule has 1 fully saturated rings. The number of nitrogens with zero attached hydrogens (tertiary/aromatic N) is 1. The molecule has 1 saturated heterocycles. The summed E-state index contributed by atoms with van der Waals surface area (Å²) in [6.07, 6.45) is 1.79. The Labute approximate surface area is 106 Å². The number of aryl methyl sites for hydroxylation is 1. The lowest BCUT2D eigenvalue weighted by molar-refractivity contribution is -0.157. The molecule has 0 saturated carbocycles. The van der Waals surface area contributed by atoms with E-state index in [1.54, 1.807) is 0 Å². The molecule has 1 heterocycles. The van der Waals surface area contributed by atoms with Crippen molar-refractivity contribution in [3.05, 3.63) is 34.9 Å². The summed E-state index contributed by atoms with van der Waals surface area (Å²) < 4.78 is 11.1. The molecule has 90 valence electrons. The number of nitriles is 1. The molecule has 1 aliphatic rings. The van der Waals surface area contributed by atoms with Gasteiger partial charge < -0.3 is 9.47 Å². The predicted octanol–water partition coefficient (Wildman–Crippen LogP) is 2.93. The van der Waals surface area contributed by atoms with E-state index in [9.17, 15) is 0 Å². The van der Waals surface area contributed by atoms with E-state index < -0.39 is 5.79 Å². The van der Waals surface area contributed by atoms with Crippen molar-refractivity contribution in [1.29, 1.82) is 5.26 Å². The van der Waals surface area contributed by atoms with Gasteiger partial charge in [0.25, 0.3) is 0 Å². The number of hydrogen-bond acceptors (Lipinski definition) is 3. The smallest absolute Gasteiger partial charge is 0.181 e. The highest BCUT2D eigenvalue weighted by Gasteiger charge is 2.35. The number of ether oxygens (including phenoxy) is 2. The molecule has 2 rings (SSSR count). The van der Waals surface area contributed by atoms with Crippen LogP contribution in [0.2, 0.25) is 5.02 Å². The fourth-order valence-corrected chi connectivity index (χ4v) is 2.06. The molecule has 1 aliphatic heterocycles. The lowest BCUT2D eigenvalue weighted by Gasteiger charge is -2.24. The highest BCUT2D eigenvalue weighted by atomic mass is 35.5. The third-order valence-corrected chi connectivity index (χ3v) is 3.12. The molecular formula is C13H14ClNO2. The van der Waals surface area contributed by atoms with Gasteiger partial charge in [-0.3, -0.25) is 0 Å². The minimum absolute atomic E-state index is 0.278. The Morgan fingerprint density at radius 2 is 1.88 bits per heavy atom. The summed E-state index contributed by atoms with van der Waals surface area (Å²) >= 11 is 5.82. The van der Waals surface area contributed by atoms with Gasteiger partial charge in [-0.25, -0.2) is 0 Å². The monoisotopic (exact) mass is 251 g/mol. The van der Waals surface area contributed by atoms with Crippen molar-refractivity contribution in [1.82, 2.24) is 0 Å². The van der Waals surface area contributed by atoms with Crippen LogP contribution < -0.4 is 0 Å². The van der Waals surface area contributed by atoms with Crippen LogP contribution in [-0.2, 0) is 15.9 Å². The van der Waals surface area contributed by atoms with Crippen molar-refractivity contribution in [2.24, 2.45) is 0 Å². The molecule has 0 bridgehead atoms. The molecular weight excluding hydrogens is 238 g/mol. The first-order valence-electron chi connectivity index (χ1n) is 5.63. The lowest BCUT2D eigenvalue weighted by atomic mass is 10.0. The Hall–Kier alpha value is -1.08. The van der Waals surface area contributed by atoms with Crippen LogP contribution in [0.1, 0.15) is 18.4 Å². The van der Waals surface area contributed by atoms with Crippen LogP contribution in [0.15, 0.2) is 24.3 Å². The normalized spacial score (nSPS) is 17.9. The Kier molecular flexibility index (Phi) is 4.01. The molecule has 0 N–H and O–H groups in total. The van der Waals surface area contributed by atoms with Gasteiger partial charge in [-0.15, -0.1) is 0 Å². The Bertz CT molecular complexity index is 404. The van der Waals surface area contributed by atoms with Crippen molar-refractivity contribution in [2.75, 3.05) is 13.2 Å². The van der Waals surface area contributed by atoms with E-state index in [-0.39, 0.29) is 6.42 Å². The number of benzene rings is 1. The van der Waals surface area contributed by atoms with Crippen molar-refractivity contribution in [3.63, 3.8) is 0 Å². The third kappa shape index (κ3) is 3.19. The Morgan fingerprint density at radius 1 is 1.24 bits per heavy atom. The summed E-state index contributed by atoms with van der Waals surface area (Å²) in [5, 5.41) is 9.53. The second kappa shape index (κ2) is 5.50. The lowest BCUT2D eigenvalue weighted by Crippen LogP contribution is -2.30. The molecule has 4 heteroatoms. The second-order valence-corrected chi connectivity index (χ2v) is 4.51. The quantitative estimate of drug-likeness (QED) is 0.826. The van der Waals surface area contributed by atoms with Crippen molar-refractivity contribution in [3.8, 4) is 6.07 Å². The highest BCUT2D eigenvalue weighted by molar-refractivity contribution is 6.30. The fraction of sp³-hybridized carbons (Fsp3) is 0.462. The van der Waals surface area contributed by atoms with Gasteiger partial charge in [0, 0.05) is 11.4 Å². The molecule has 3 nitrogen and oxygen atoms in total. The average molecular weight is 252 g/mol. The SMILES string of the molecule is N#CCC1(CCc2ccc(Cl)cc2)OCCO1. The van der Waals surface area contributed by atoms with Gasteiger partial charge in [0.1, 0.15) is 0 Å². The minimum Gasteiger partial charge on any atom is -0.346 e. The minimum atomic E-state index is -0.700. The van der Waals surface area contributed by atoms with Crippen LogP contribution in [0, 0.1) is 11.3 Å². The molecule has 0 radical (unpaired) electrons. The first-order chi connectivity index (χ1) is 8.24. The molecule has 1 aromatic carbocycles. The van der Waals surface area contributed by atoms with Gasteiger partial charge in [0.05, 0.1) is 25.7 Å². The van der Waals surface area contributed by atoms with E-state index in [1.165, 1.54) is 5.56 Å². The Balaban J connectivity index is 1.96. The predicted molar refractivity (Wildman–Crippen MR) is 64.6 cm³/mol. The second-order valence-electron chi connectivity index (χ2n) is 4.07. The number of halogens is 1. The van der Waals surface area contributed by atoms with E-state index in [0.717, 1.165) is 11.4 Å². The molecule has 1 aromatic rings. The standard InChI is InChI=1S/C13H14ClNO2/c14-12-3-1-11(2-4-12)5-6-13(7-8-15)16-9-10-17-13/h1-4H,5-7,9-10H2. The molecule has 0 amide bonds. The van der Waals surface area contributed by atoms with Crippen LogP contribution in [0.4, 0.5) is 0 Å². The zero-order valence-corrected chi connectivity index (χ0v) is 10.2. The first-order valence-corrected chi connectivity index (χ1v) is 6.01. The summed E-state index contributed by atoms with van der Waals surface area (Å²) in [6, 6.07) is 9.82. The third-order valence-electron chi connectivity index (χ3n) is 2.87. The van der Waals surface area contributed by atoms with Crippen LogP contribution in [0.5, 0.6) is 0 Å². The zero-order valence-electron chi connectivity index (χ0n) is 9.49. The van der Waals surface area contributed by atoms with Crippen molar-refractivity contribution in [2.45, 2.75) is 25.0 Å². The van der Waals surface area contributed by atoms with Crippen LogP contribution in [-0.4, -0.2) is 19.0 Å². The summed E-state index contributed by atoms with van der Waals surface area (Å²) in [4.78, 5) is 0. The largest absolute Gasteiger partial charge is 0.346 e. The molecule has 0 spiro atoms.